The average Bonchev–Trinajstić information content (AvgIpc) is 3.35. The third-order valence-electron chi connectivity index (χ3n) is 5.06. The monoisotopic (exact) mass is 394 g/mol. The van der Waals surface area contributed by atoms with Gasteiger partial charge in [-0.1, -0.05) is 0 Å². The van der Waals surface area contributed by atoms with E-state index in [9.17, 15) is 0 Å². The van der Waals surface area contributed by atoms with Gasteiger partial charge in [-0.2, -0.15) is 0 Å². The third-order valence-corrected chi connectivity index (χ3v) is 6.28. The van der Waals surface area contributed by atoms with E-state index < -0.39 is 0 Å². The minimum atomic E-state index is 0.316. The zero-order valence-electron chi connectivity index (χ0n) is 16.6. The van der Waals surface area contributed by atoms with Crippen LogP contribution in [0.5, 0.6) is 0 Å². The molecule has 1 aromatic heterocycles. The van der Waals surface area contributed by atoms with E-state index in [4.69, 9.17) is 14.5 Å². The summed E-state index contributed by atoms with van der Waals surface area (Å²) in [5, 5.41) is 8.04. The van der Waals surface area contributed by atoms with E-state index >= 15 is 0 Å². The number of hydrogen-bond donors (Lipinski definition) is 2. The Morgan fingerprint density at radius 1 is 1.22 bits per heavy atom. The van der Waals surface area contributed by atoms with Crippen molar-refractivity contribution in [2.45, 2.75) is 63.9 Å². The number of nitrogens with one attached hydrogen (secondary N) is 2. The highest BCUT2D eigenvalue weighted by Gasteiger charge is 2.15. The van der Waals surface area contributed by atoms with Crippen molar-refractivity contribution in [1.29, 1.82) is 0 Å². The normalized spacial score (nSPS) is 19.9. The van der Waals surface area contributed by atoms with Gasteiger partial charge in [0, 0.05) is 44.6 Å². The third kappa shape index (κ3) is 7.05. The SMILES string of the molecule is CN=C(NCCCOCC1CCCO1)NCCCc1nc2c(s1)CCCC2. The van der Waals surface area contributed by atoms with Crippen LogP contribution in [0.4, 0.5) is 0 Å². The predicted molar refractivity (Wildman–Crippen MR) is 111 cm³/mol. The van der Waals surface area contributed by atoms with Crippen LogP contribution in [0.2, 0.25) is 0 Å². The minimum absolute atomic E-state index is 0.316. The first kappa shape index (κ1) is 20.6. The summed E-state index contributed by atoms with van der Waals surface area (Å²) in [7, 11) is 1.82. The summed E-state index contributed by atoms with van der Waals surface area (Å²) in [5.74, 6) is 0.868. The molecule has 2 heterocycles. The van der Waals surface area contributed by atoms with Gasteiger partial charge in [0.2, 0.25) is 0 Å². The van der Waals surface area contributed by atoms with E-state index in [1.807, 2.05) is 18.4 Å². The average molecular weight is 395 g/mol. The Morgan fingerprint density at radius 2 is 2.07 bits per heavy atom. The van der Waals surface area contributed by atoms with Crippen LogP contribution in [0.1, 0.15) is 54.1 Å². The minimum Gasteiger partial charge on any atom is -0.379 e. The number of aliphatic imine (C=N–C) groups is 1. The molecule has 7 heteroatoms. The highest BCUT2D eigenvalue weighted by Crippen LogP contribution is 2.27. The van der Waals surface area contributed by atoms with Gasteiger partial charge in [-0.3, -0.25) is 4.99 Å². The zero-order chi connectivity index (χ0) is 18.7. The number of aryl methyl sites for hydroxylation is 3. The summed E-state index contributed by atoms with van der Waals surface area (Å²) in [5.41, 5.74) is 1.37. The number of thiazole rings is 1. The molecule has 1 atom stereocenters. The van der Waals surface area contributed by atoms with Gasteiger partial charge >= 0.3 is 0 Å². The lowest BCUT2D eigenvalue weighted by molar-refractivity contribution is 0.0168. The Bertz CT molecular complexity index is 561. The lowest BCUT2D eigenvalue weighted by Crippen LogP contribution is -2.38. The maximum Gasteiger partial charge on any atom is 0.190 e. The van der Waals surface area contributed by atoms with Gasteiger partial charge in [0.1, 0.15) is 0 Å². The first-order valence-corrected chi connectivity index (χ1v) is 11.3. The maximum absolute atomic E-state index is 5.68. The molecular weight excluding hydrogens is 360 g/mol. The van der Waals surface area contributed by atoms with Gasteiger partial charge < -0.3 is 20.1 Å². The van der Waals surface area contributed by atoms with Crippen molar-refractivity contribution < 1.29 is 9.47 Å². The van der Waals surface area contributed by atoms with Crippen LogP contribution in [0.15, 0.2) is 4.99 Å². The van der Waals surface area contributed by atoms with Crippen LogP contribution in [-0.4, -0.2) is 57.0 Å². The van der Waals surface area contributed by atoms with Crippen LogP contribution in [0.3, 0.4) is 0 Å². The molecule has 1 unspecified atom stereocenters. The predicted octanol–water partition coefficient (Wildman–Crippen LogP) is 2.71. The molecular formula is C20H34N4O2S. The number of fused-ring (bicyclic) bond motifs is 1. The van der Waals surface area contributed by atoms with E-state index in [2.05, 4.69) is 15.6 Å². The molecule has 3 rings (SSSR count). The lowest BCUT2D eigenvalue weighted by atomic mass is 10.0. The molecule has 27 heavy (non-hydrogen) atoms. The fraction of sp³-hybridized carbons (Fsp3) is 0.800. The number of hydrogen-bond acceptors (Lipinski definition) is 5. The van der Waals surface area contributed by atoms with E-state index in [-0.39, 0.29) is 0 Å². The van der Waals surface area contributed by atoms with Crippen molar-refractivity contribution in [3.63, 3.8) is 0 Å². The van der Waals surface area contributed by atoms with Gasteiger partial charge in [-0.05, 0) is 51.4 Å². The second kappa shape index (κ2) is 11.6. The molecule has 2 N–H and O–H groups in total. The first-order chi connectivity index (χ1) is 13.3. The number of rotatable bonds is 10. The van der Waals surface area contributed by atoms with Crippen molar-refractivity contribution in [3.8, 4) is 0 Å². The van der Waals surface area contributed by atoms with Crippen LogP contribution < -0.4 is 10.6 Å². The van der Waals surface area contributed by atoms with Crippen LogP contribution in [0, 0.1) is 0 Å². The molecule has 0 radical (unpaired) electrons. The molecule has 0 amide bonds. The Balaban J connectivity index is 1.21. The summed E-state index contributed by atoms with van der Waals surface area (Å²) in [6.45, 7) is 4.16. The molecule has 1 fully saturated rings. The number of ether oxygens (including phenoxy) is 2. The maximum atomic E-state index is 5.68. The largest absolute Gasteiger partial charge is 0.379 e. The zero-order valence-corrected chi connectivity index (χ0v) is 17.4. The smallest absolute Gasteiger partial charge is 0.190 e. The van der Waals surface area contributed by atoms with E-state index in [0.717, 1.165) is 64.6 Å². The Hall–Kier alpha value is -1.18. The number of guanidine groups is 1. The van der Waals surface area contributed by atoms with Gasteiger partial charge in [-0.25, -0.2) is 4.98 Å². The highest BCUT2D eigenvalue weighted by atomic mass is 32.1. The topological polar surface area (TPSA) is 67.8 Å². The molecule has 0 aromatic carbocycles. The molecule has 1 aliphatic heterocycles. The van der Waals surface area contributed by atoms with Crippen molar-refractivity contribution in [3.05, 3.63) is 15.6 Å². The second-order valence-electron chi connectivity index (χ2n) is 7.28. The van der Waals surface area contributed by atoms with E-state index in [0.29, 0.717) is 6.10 Å². The highest BCUT2D eigenvalue weighted by molar-refractivity contribution is 7.11. The van der Waals surface area contributed by atoms with Crippen molar-refractivity contribution >= 4 is 17.3 Å². The van der Waals surface area contributed by atoms with Gasteiger partial charge in [0.15, 0.2) is 5.96 Å². The molecule has 1 saturated heterocycles. The quantitative estimate of drug-likeness (QED) is 0.363. The summed E-state index contributed by atoms with van der Waals surface area (Å²) < 4.78 is 11.2. The summed E-state index contributed by atoms with van der Waals surface area (Å²) in [6, 6.07) is 0. The van der Waals surface area contributed by atoms with Gasteiger partial charge in [0.05, 0.1) is 23.4 Å². The molecule has 0 bridgehead atoms. The van der Waals surface area contributed by atoms with Crippen LogP contribution in [-0.2, 0) is 28.7 Å². The summed E-state index contributed by atoms with van der Waals surface area (Å²) >= 11 is 1.92. The molecule has 1 aromatic rings. The van der Waals surface area contributed by atoms with Gasteiger partial charge in [0.25, 0.3) is 0 Å². The van der Waals surface area contributed by atoms with Crippen molar-refractivity contribution in [1.82, 2.24) is 15.6 Å². The van der Waals surface area contributed by atoms with E-state index in [1.165, 1.54) is 47.7 Å². The molecule has 2 aliphatic rings. The molecule has 0 spiro atoms. The fourth-order valence-corrected chi connectivity index (χ4v) is 4.75. The van der Waals surface area contributed by atoms with Crippen molar-refractivity contribution in [2.75, 3.05) is 40.0 Å². The molecule has 6 nitrogen and oxygen atoms in total. The van der Waals surface area contributed by atoms with Crippen LogP contribution >= 0.6 is 11.3 Å². The molecule has 1 aliphatic carbocycles. The summed E-state index contributed by atoms with van der Waals surface area (Å²) in [4.78, 5) is 10.6. The Morgan fingerprint density at radius 3 is 2.85 bits per heavy atom. The molecule has 0 saturated carbocycles. The van der Waals surface area contributed by atoms with Crippen molar-refractivity contribution in [2.24, 2.45) is 4.99 Å². The Kier molecular flexibility index (Phi) is 8.84. The van der Waals surface area contributed by atoms with Gasteiger partial charge in [-0.15, -0.1) is 11.3 Å². The second-order valence-corrected chi connectivity index (χ2v) is 8.45. The lowest BCUT2D eigenvalue weighted by Gasteiger charge is -2.12. The standard InChI is InChI=1S/C20H34N4O2S/c1-21-20(23-12-6-13-25-15-16-7-5-14-26-16)22-11-4-10-19-24-17-8-2-3-9-18(17)27-19/h16H,2-15H2,1H3,(H2,21,22,23). The first-order valence-electron chi connectivity index (χ1n) is 10.5. The Labute approximate surface area is 167 Å². The van der Waals surface area contributed by atoms with E-state index in [1.54, 1.807) is 0 Å². The number of nitrogens with zero attached hydrogens (tertiary/aromatic N) is 2. The molecule has 152 valence electrons. The van der Waals surface area contributed by atoms with Crippen LogP contribution in [0.25, 0.3) is 0 Å². The number of aromatic nitrogens is 1. The summed E-state index contributed by atoms with van der Waals surface area (Å²) in [6.07, 6.45) is 10.8. The fourth-order valence-electron chi connectivity index (χ4n) is 3.55.